The number of carbonyl (C=O) groups excluding carboxylic acids is 2. The van der Waals surface area contributed by atoms with Crippen molar-refractivity contribution in [2.75, 3.05) is 26.8 Å². The quantitative estimate of drug-likeness (QED) is 0.496. The van der Waals surface area contributed by atoms with E-state index in [1.54, 1.807) is 7.11 Å². The van der Waals surface area contributed by atoms with Gasteiger partial charge in [0.15, 0.2) is 0 Å². The average Bonchev–Trinajstić information content (AvgIpc) is 3.60. The number of hydrogen-bond acceptors (Lipinski definition) is 4. The molecule has 0 spiro atoms. The van der Waals surface area contributed by atoms with E-state index >= 15 is 0 Å². The molecule has 2 aromatic rings. The number of benzene rings is 1. The van der Waals surface area contributed by atoms with Crippen LogP contribution in [-0.2, 0) is 27.4 Å². The van der Waals surface area contributed by atoms with Crippen molar-refractivity contribution < 1.29 is 14.3 Å². The Hall–Kier alpha value is -2.38. The first-order valence-corrected chi connectivity index (χ1v) is 12.8. The van der Waals surface area contributed by atoms with Crippen molar-refractivity contribution in [2.45, 2.75) is 71.1 Å². The van der Waals surface area contributed by atoms with Gasteiger partial charge in [-0.2, -0.15) is 0 Å². The molecule has 0 unspecified atom stereocenters. The van der Waals surface area contributed by atoms with E-state index < -0.39 is 0 Å². The van der Waals surface area contributed by atoms with Crippen molar-refractivity contribution in [1.82, 2.24) is 20.1 Å². The van der Waals surface area contributed by atoms with Crippen molar-refractivity contribution >= 4 is 22.7 Å². The van der Waals surface area contributed by atoms with Gasteiger partial charge >= 0.3 is 0 Å². The fourth-order valence-corrected chi connectivity index (χ4v) is 5.10. The Morgan fingerprint density at radius 3 is 2.76 bits per heavy atom. The zero-order chi connectivity index (χ0) is 24.1. The number of hydrogen-bond donors (Lipinski definition) is 2. The van der Waals surface area contributed by atoms with Crippen LogP contribution in [0.25, 0.3) is 10.9 Å². The molecule has 34 heavy (non-hydrogen) atoms. The van der Waals surface area contributed by atoms with Crippen molar-refractivity contribution in [3.8, 4) is 0 Å². The molecule has 186 valence electrons. The van der Waals surface area contributed by atoms with Gasteiger partial charge < -0.3 is 24.8 Å². The average molecular weight is 469 g/mol. The van der Waals surface area contributed by atoms with Crippen LogP contribution < -0.4 is 10.6 Å². The second-order valence-corrected chi connectivity index (χ2v) is 10.4. The van der Waals surface area contributed by atoms with Crippen LogP contribution in [0.4, 0.5) is 0 Å². The summed E-state index contributed by atoms with van der Waals surface area (Å²) in [5.74, 6) is 0.522. The van der Waals surface area contributed by atoms with Gasteiger partial charge in [0.1, 0.15) is 0 Å². The van der Waals surface area contributed by atoms with Crippen molar-refractivity contribution in [3.63, 3.8) is 0 Å². The standard InChI is InChI=1S/C27H40N4O3/c1-19(2)13-26(32)29-22-14-20(15-28-16-22)27(33)31(23-9-10-23)18-21-17-30(11-6-12-34-3)25-8-5-4-7-24(21)25/h4-5,7-8,17,19-20,22-23,28H,6,9-16,18H2,1-3H3,(H,29,32)/t20-,22+/m0/s1. The Morgan fingerprint density at radius 1 is 1.24 bits per heavy atom. The Kier molecular flexibility index (Phi) is 8.27. The molecule has 0 bridgehead atoms. The number of nitrogens with zero attached hydrogens (tertiary/aromatic N) is 2. The minimum Gasteiger partial charge on any atom is -0.385 e. The third-order valence-electron chi connectivity index (χ3n) is 6.89. The topological polar surface area (TPSA) is 75.6 Å². The number of piperidine rings is 1. The highest BCUT2D eigenvalue weighted by atomic mass is 16.5. The molecule has 2 N–H and O–H groups in total. The second kappa shape index (κ2) is 11.4. The predicted molar refractivity (Wildman–Crippen MR) is 134 cm³/mol. The summed E-state index contributed by atoms with van der Waals surface area (Å²) >= 11 is 0. The molecular weight excluding hydrogens is 428 g/mol. The molecule has 1 aromatic carbocycles. The SMILES string of the molecule is COCCCn1cc(CN(C(=O)[C@@H]2CNC[C@H](NC(=O)CC(C)C)C2)C2CC2)c2ccccc21. The summed E-state index contributed by atoms with van der Waals surface area (Å²) in [5, 5.41) is 7.74. The highest BCUT2D eigenvalue weighted by molar-refractivity contribution is 5.85. The monoisotopic (exact) mass is 468 g/mol. The molecule has 7 heteroatoms. The summed E-state index contributed by atoms with van der Waals surface area (Å²) in [4.78, 5) is 28.1. The molecule has 1 aliphatic carbocycles. The zero-order valence-electron chi connectivity index (χ0n) is 20.9. The largest absolute Gasteiger partial charge is 0.385 e. The number of carbonyl (C=O) groups is 2. The lowest BCUT2D eigenvalue weighted by molar-refractivity contribution is -0.138. The highest BCUT2D eigenvalue weighted by Crippen LogP contribution is 2.33. The maximum atomic E-state index is 13.7. The van der Waals surface area contributed by atoms with E-state index in [9.17, 15) is 9.59 Å². The smallest absolute Gasteiger partial charge is 0.227 e. The Balaban J connectivity index is 1.46. The fourth-order valence-electron chi connectivity index (χ4n) is 5.10. The lowest BCUT2D eigenvalue weighted by atomic mass is 9.93. The van der Waals surface area contributed by atoms with Gasteiger partial charge in [-0.15, -0.1) is 0 Å². The number of nitrogens with one attached hydrogen (secondary N) is 2. The lowest BCUT2D eigenvalue weighted by Gasteiger charge is -2.34. The minimum atomic E-state index is -0.103. The van der Waals surface area contributed by atoms with E-state index in [2.05, 4.69) is 50.6 Å². The normalized spacial score (nSPS) is 20.6. The summed E-state index contributed by atoms with van der Waals surface area (Å²) in [6.07, 6.45) is 6.56. The number of methoxy groups -OCH3 is 1. The van der Waals surface area contributed by atoms with E-state index in [0.29, 0.717) is 37.9 Å². The summed E-state index contributed by atoms with van der Waals surface area (Å²) in [7, 11) is 1.73. The Bertz CT molecular complexity index is 981. The van der Waals surface area contributed by atoms with Gasteiger partial charge in [0.05, 0.1) is 5.92 Å². The van der Waals surface area contributed by atoms with Gasteiger partial charge in [0, 0.05) is 75.5 Å². The molecular formula is C27H40N4O3. The van der Waals surface area contributed by atoms with Crippen LogP contribution in [0.3, 0.4) is 0 Å². The number of aryl methyl sites for hydroxylation is 1. The van der Waals surface area contributed by atoms with Crippen LogP contribution in [0, 0.1) is 11.8 Å². The molecule has 2 atom stereocenters. The lowest BCUT2D eigenvalue weighted by Crippen LogP contribution is -2.53. The molecule has 1 aliphatic heterocycles. The van der Waals surface area contributed by atoms with Crippen LogP contribution in [0.1, 0.15) is 51.5 Å². The molecule has 1 saturated carbocycles. The number of rotatable bonds is 11. The summed E-state index contributed by atoms with van der Waals surface area (Å²) in [5.41, 5.74) is 2.42. The number of para-hydroxylation sites is 1. The first-order valence-electron chi connectivity index (χ1n) is 12.8. The molecule has 4 rings (SSSR count). The summed E-state index contributed by atoms with van der Waals surface area (Å²) in [6.45, 7) is 7.78. The first kappa shape index (κ1) is 24.7. The predicted octanol–water partition coefficient (Wildman–Crippen LogP) is 3.31. The Morgan fingerprint density at radius 2 is 2.03 bits per heavy atom. The van der Waals surface area contributed by atoms with Crippen LogP contribution in [0.5, 0.6) is 0 Å². The molecule has 2 heterocycles. The van der Waals surface area contributed by atoms with Crippen LogP contribution in [0.2, 0.25) is 0 Å². The molecule has 2 aliphatic rings. The van der Waals surface area contributed by atoms with E-state index in [0.717, 1.165) is 39.0 Å². The molecule has 1 aromatic heterocycles. The van der Waals surface area contributed by atoms with Gasteiger partial charge in [-0.25, -0.2) is 0 Å². The third kappa shape index (κ3) is 6.19. The van der Waals surface area contributed by atoms with Crippen LogP contribution in [-0.4, -0.2) is 60.2 Å². The highest BCUT2D eigenvalue weighted by Gasteiger charge is 2.38. The van der Waals surface area contributed by atoms with Crippen molar-refractivity contribution in [1.29, 1.82) is 0 Å². The molecule has 2 amide bonds. The van der Waals surface area contributed by atoms with Gasteiger partial charge in [-0.3, -0.25) is 9.59 Å². The summed E-state index contributed by atoms with van der Waals surface area (Å²) in [6, 6.07) is 8.81. The van der Waals surface area contributed by atoms with Gasteiger partial charge in [-0.05, 0) is 43.2 Å². The number of ether oxygens (including phenoxy) is 1. The Labute approximate surface area is 203 Å². The molecule has 7 nitrogen and oxygen atoms in total. The van der Waals surface area contributed by atoms with Gasteiger partial charge in [0.2, 0.25) is 11.8 Å². The molecule has 0 radical (unpaired) electrons. The number of fused-ring (bicyclic) bond motifs is 1. The minimum absolute atomic E-state index is 0.0118. The first-order chi connectivity index (χ1) is 16.5. The maximum absolute atomic E-state index is 13.7. The molecule has 2 fully saturated rings. The maximum Gasteiger partial charge on any atom is 0.227 e. The van der Waals surface area contributed by atoms with Crippen LogP contribution in [0.15, 0.2) is 30.5 Å². The van der Waals surface area contributed by atoms with Gasteiger partial charge in [-0.1, -0.05) is 32.0 Å². The van der Waals surface area contributed by atoms with E-state index in [-0.39, 0.29) is 23.8 Å². The van der Waals surface area contributed by atoms with E-state index in [1.807, 2.05) is 13.8 Å². The summed E-state index contributed by atoms with van der Waals surface area (Å²) < 4.78 is 7.53. The third-order valence-corrected chi connectivity index (χ3v) is 6.89. The number of amides is 2. The fraction of sp³-hybridized carbons (Fsp3) is 0.630. The van der Waals surface area contributed by atoms with Crippen LogP contribution >= 0.6 is 0 Å². The van der Waals surface area contributed by atoms with Gasteiger partial charge in [0.25, 0.3) is 0 Å². The van der Waals surface area contributed by atoms with Crippen molar-refractivity contribution in [2.24, 2.45) is 11.8 Å². The molecule has 1 saturated heterocycles. The van der Waals surface area contributed by atoms with E-state index in [4.69, 9.17) is 4.74 Å². The number of aromatic nitrogens is 1. The second-order valence-electron chi connectivity index (χ2n) is 10.4. The zero-order valence-corrected chi connectivity index (χ0v) is 20.9. The van der Waals surface area contributed by atoms with Crippen molar-refractivity contribution in [3.05, 3.63) is 36.0 Å². The van der Waals surface area contributed by atoms with E-state index in [1.165, 1.54) is 16.5 Å².